The molecule has 32 heavy (non-hydrogen) atoms. The van der Waals surface area contributed by atoms with Gasteiger partial charge in [0.2, 0.25) is 0 Å². The van der Waals surface area contributed by atoms with Gasteiger partial charge in [-0.05, 0) is 69.2 Å². The number of nitrogens with one attached hydrogen (secondary N) is 1. The van der Waals surface area contributed by atoms with Crippen LogP contribution in [0.25, 0.3) is 5.69 Å². The summed E-state index contributed by atoms with van der Waals surface area (Å²) >= 11 is 0. The molecule has 164 valence electrons. The second kappa shape index (κ2) is 9.14. The van der Waals surface area contributed by atoms with Crippen molar-refractivity contribution in [3.63, 3.8) is 0 Å². The number of rotatable bonds is 7. The van der Waals surface area contributed by atoms with Crippen LogP contribution in [-0.4, -0.2) is 15.6 Å². The molecule has 0 aliphatic heterocycles. The summed E-state index contributed by atoms with van der Waals surface area (Å²) in [6, 6.07) is 17.9. The largest absolute Gasteiger partial charge is 0.488 e. The fraction of sp³-hybridized carbons (Fsp3) is 0.231. The Balaban J connectivity index is 1.44. The van der Waals surface area contributed by atoms with Crippen LogP contribution in [0.5, 0.6) is 5.75 Å². The van der Waals surface area contributed by atoms with Crippen molar-refractivity contribution < 1.29 is 14.1 Å². The third kappa shape index (κ3) is 4.59. The molecule has 0 bridgehead atoms. The molecule has 1 amide bonds. The molecule has 0 saturated carbocycles. The first-order chi connectivity index (χ1) is 15.4. The number of benzene rings is 2. The number of carbonyl (C=O) groups excluding carboxylic acids is 1. The lowest BCUT2D eigenvalue weighted by Gasteiger charge is -2.15. The number of hydrogen-bond donors (Lipinski definition) is 1. The van der Waals surface area contributed by atoms with Crippen molar-refractivity contribution >= 4 is 5.91 Å². The van der Waals surface area contributed by atoms with E-state index in [-0.39, 0.29) is 24.2 Å². The predicted molar refractivity (Wildman–Crippen MR) is 123 cm³/mol. The van der Waals surface area contributed by atoms with Crippen molar-refractivity contribution in [3.05, 3.63) is 101 Å². The Hall–Kier alpha value is -3.80. The molecule has 4 aromatic rings. The second-order valence-electron chi connectivity index (χ2n) is 8.00. The lowest BCUT2D eigenvalue weighted by atomic mass is 10.1. The number of aryl methyl sites for hydroxylation is 3. The van der Waals surface area contributed by atoms with E-state index in [0.717, 1.165) is 22.6 Å². The van der Waals surface area contributed by atoms with Crippen LogP contribution < -0.4 is 10.1 Å². The molecule has 2 heterocycles. The predicted octanol–water partition coefficient (Wildman–Crippen LogP) is 5.46. The van der Waals surface area contributed by atoms with Crippen LogP contribution in [0.15, 0.2) is 71.5 Å². The minimum atomic E-state index is -0.289. The average Bonchev–Trinajstić information content (AvgIpc) is 3.43. The molecule has 0 saturated heterocycles. The van der Waals surface area contributed by atoms with Gasteiger partial charge in [0.15, 0.2) is 5.69 Å². The van der Waals surface area contributed by atoms with Crippen molar-refractivity contribution in [1.29, 1.82) is 0 Å². The molecule has 1 N–H and O–H groups in total. The summed E-state index contributed by atoms with van der Waals surface area (Å²) in [5, 5.41) is 7.00. The van der Waals surface area contributed by atoms with Crippen LogP contribution in [0.3, 0.4) is 0 Å². The summed E-state index contributed by atoms with van der Waals surface area (Å²) in [5.74, 6) is 1.06. The highest BCUT2D eigenvalue weighted by molar-refractivity contribution is 5.94. The van der Waals surface area contributed by atoms with Gasteiger partial charge in [0.05, 0.1) is 11.6 Å². The molecule has 0 aliphatic rings. The minimum Gasteiger partial charge on any atom is -0.488 e. The fourth-order valence-corrected chi connectivity index (χ4v) is 3.64. The molecular formula is C26H27N3O3. The second-order valence-corrected chi connectivity index (χ2v) is 8.00. The van der Waals surface area contributed by atoms with Gasteiger partial charge in [0.25, 0.3) is 5.91 Å². The fourth-order valence-electron chi connectivity index (χ4n) is 3.64. The monoisotopic (exact) mass is 429 g/mol. The van der Waals surface area contributed by atoms with E-state index in [0.29, 0.717) is 11.3 Å². The quantitative estimate of drug-likeness (QED) is 0.423. The van der Waals surface area contributed by atoms with Gasteiger partial charge in [0.1, 0.15) is 18.1 Å². The van der Waals surface area contributed by atoms with E-state index < -0.39 is 0 Å². The number of hydrogen-bond acceptors (Lipinski definition) is 4. The van der Waals surface area contributed by atoms with Crippen LogP contribution in [-0.2, 0) is 6.61 Å². The van der Waals surface area contributed by atoms with Crippen LogP contribution in [0, 0.1) is 20.8 Å². The van der Waals surface area contributed by atoms with Crippen molar-refractivity contribution in [1.82, 2.24) is 15.0 Å². The van der Waals surface area contributed by atoms with Gasteiger partial charge >= 0.3 is 0 Å². The van der Waals surface area contributed by atoms with Crippen LogP contribution in [0.4, 0.5) is 0 Å². The first kappa shape index (κ1) is 21.4. The van der Waals surface area contributed by atoms with Crippen molar-refractivity contribution in [2.24, 2.45) is 0 Å². The molecule has 6 heteroatoms. The number of carbonyl (C=O) groups is 1. The molecule has 0 spiro atoms. The summed E-state index contributed by atoms with van der Waals surface area (Å²) in [6.45, 7) is 7.98. The molecular weight excluding hydrogens is 402 g/mol. The number of ether oxygens (including phenoxy) is 1. The standard InChI is InChI=1S/C26H27N3O3/c1-17-7-12-24(18(2)15-17)31-16-23-20(4)32-28-25(23)26(30)27-19(3)21-8-10-22(11-9-21)29-13-5-6-14-29/h5-15,19H,16H2,1-4H3,(H,27,30). The van der Waals surface area contributed by atoms with E-state index in [9.17, 15) is 4.79 Å². The third-order valence-corrected chi connectivity index (χ3v) is 5.55. The van der Waals surface area contributed by atoms with E-state index in [1.165, 1.54) is 5.56 Å². The molecule has 2 aromatic heterocycles. The summed E-state index contributed by atoms with van der Waals surface area (Å²) in [6.07, 6.45) is 3.99. The highest BCUT2D eigenvalue weighted by atomic mass is 16.5. The highest BCUT2D eigenvalue weighted by Gasteiger charge is 2.22. The average molecular weight is 430 g/mol. The normalized spacial score (nSPS) is 11.9. The van der Waals surface area contributed by atoms with E-state index in [4.69, 9.17) is 9.26 Å². The lowest BCUT2D eigenvalue weighted by Crippen LogP contribution is -2.28. The van der Waals surface area contributed by atoms with Crippen LogP contribution in [0.1, 0.15) is 51.5 Å². The number of amides is 1. The molecule has 2 aromatic carbocycles. The first-order valence-electron chi connectivity index (χ1n) is 10.6. The topological polar surface area (TPSA) is 69.3 Å². The van der Waals surface area contributed by atoms with Gasteiger partial charge in [-0.3, -0.25) is 4.79 Å². The summed E-state index contributed by atoms with van der Waals surface area (Å²) < 4.78 is 13.3. The molecule has 0 radical (unpaired) electrons. The van der Waals surface area contributed by atoms with E-state index in [1.54, 1.807) is 6.92 Å². The van der Waals surface area contributed by atoms with Gasteiger partial charge in [-0.15, -0.1) is 0 Å². The van der Waals surface area contributed by atoms with Crippen molar-refractivity contribution in [2.45, 2.75) is 40.3 Å². The molecule has 1 atom stereocenters. The summed E-state index contributed by atoms with van der Waals surface area (Å²) in [4.78, 5) is 12.9. The zero-order valence-corrected chi connectivity index (χ0v) is 18.8. The Bertz CT molecular complexity index is 1210. The van der Waals surface area contributed by atoms with Gasteiger partial charge in [-0.25, -0.2) is 0 Å². The van der Waals surface area contributed by atoms with Gasteiger partial charge in [0, 0.05) is 18.1 Å². The van der Waals surface area contributed by atoms with Gasteiger partial charge < -0.3 is 19.1 Å². The maximum atomic E-state index is 12.9. The molecule has 0 aliphatic carbocycles. The zero-order valence-electron chi connectivity index (χ0n) is 18.8. The van der Waals surface area contributed by atoms with Crippen LogP contribution in [0.2, 0.25) is 0 Å². The third-order valence-electron chi connectivity index (χ3n) is 5.55. The van der Waals surface area contributed by atoms with Crippen LogP contribution >= 0.6 is 0 Å². The highest BCUT2D eigenvalue weighted by Crippen LogP contribution is 2.23. The Morgan fingerprint density at radius 3 is 2.50 bits per heavy atom. The smallest absolute Gasteiger partial charge is 0.274 e. The molecule has 6 nitrogen and oxygen atoms in total. The first-order valence-corrected chi connectivity index (χ1v) is 10.6. The van der Waals surface area contributed by atoms with E-state index in [1.807, 2.05) is 86.3 Å². The maximum Gasteiger partial charge on any atom is 0.274 e. The minimum absolute atomic E-state index is 0.189. The Labute approximate surface area is 187 Å². The molecule has 0 fully saturated rings. The zero-order chi connectivity index (χ0) is 22.7. The molecule has 1 unspecified atom stereocenters. The number of nitrogens with zero attached hydrogens (tertiary/aromatic N) is 2. The van der Waals surface area contributed by atoms with E-state index in [2.05, 4.69) is 16.5 Å². The van der Waals surface area contributed by atoms with Crippen molar-refractivity contribution in [3.8, 4) is 11.4 Å². The maximum absolute atomic E-state index is 12.9. The van der Waals surface area contributed by atoms with Gasteiger partial charge in [-0.1, -0.05) is 35.0 Å². The SMILES string of the molecule is Cc1ccc(OCc2c(C(=O)NC(C)c3ccc(-n4cccc4)cc3)noc2C)c(C)c1. The van der Waals surface area contributed by atoms with E-state index >= 15 is 0 Å². The van der Waals surface area contributed by atoms with Gasteiger partial charge in [-0.2, -0.15) is 0 Å². The lowest BCUT2D eigenvalue weighted by molar-refractivity contribution is 0.0928. The molecule has 4 rings (SSSR count). The summed E-state index contributed by atoms with van der Waals surface area (Å²) in [5.41, 5.74) is 5.19. The Morgan fingerprint density at radius 1 is 1.09 bits per heavy atom. The Morgan fingerprint density at radius 2 is 1.81 bits per heavy atom. The van der Waals surface area contributed by atoms with Crippen molar-refractivity contribution in [2.75, 3.05) is 0 Å². The Kier molecular flexibility index (Phi) is 6.12. The number of aromatic nitrogens is 2. The summed E-state index contributed by atoms with van der Waals surface area (Å²) in [7, 11) is 0.